The molecule has 1 aliphatic carbocycles. The van der Waals surface area contributed by atoms with Crippen LogP contribution in [0.1, 0.15) is 35.2 Å². The van der Waals surface area contributed by atoms with Crippen molar-refractivity contribution in [3.05, 3.63) is 29.3 Å². The second-order valence-corrected chi connectivity index (χ2v) is 4.84. The molecular weight excluding hydrogens is 254 g/mol. The number of amides is 1. The molecule has 2 rings (SSSR count). The fourth-order valence-electron chi connectivity index (χ4n) is 1.98. The van der Waals surface area contributed by atoms with Gasteiger partial charge in [0, 0.05) is 25.1 Å². The van der Waals surface area contributed by atoms with E-state index in [2.05, 4.69) is 11.8 Å². The maximum atomic E-state index is 12.3. The number of aliphatic hydroxyl groups is 1. The number of rotatable bonds is 4. The van der Waals surface area contributed by atoms with Crippen molar-refractivity contribution in [1.29, 1.82) is 0 Å². The van der Waals surface area contributed by atoms with Crippen molar-refractivity contribution in [3.8, 4) is 17.6 Å². The molecule has 4 nitrogen and oxygen atoms in total. The molecule has 1 N–H and O–H groups in total. The molecule has 20 heavy (non-hydrogen) atoms. The third-order valence-electron chi connectivity index (χ3n) is 3.32. The SMILES string of the molecule is COc1ccc(C(=O)N(C)C2CC2)cc1C#CCCO. The molecule has 0 aromatic heterocycles. The lowest BCUT2D eigenvalue weighted by Gasteiger charge is -2.16. The highest BCUT2D eigenvalue weighted by Gasteiger charge is 2.30. The average molecular weight is 273 g/mol. The normalized spacial score (nSPS) is 13.3. The van der Waals surface area contributed by atoms with Gasteiger partial charge in [-0.25, -0.2) is 0 Å². The van der Waals surface area contributed by atoms with Gasteiger partial charge in [0.05, 0.1) is 19.3 Å². The van der Waals surface area contributed by atoms with Gasteiger partial charge < -0.3 is 14.7 Å². The Labute approximate surface area is 119 Å². The summed E-state index contributed by atoms with van der Waals surface area (Å²) in [7, 11) is 3.41. The molecule has 1 aliphatic rings. The summed E-state index contributed by atoms with van der Waals surface area (Å²) in [5, 5.41) is 8.76. The maximum Gasteiger partial charge on any atom is 0.253 e. The van der Waals surface area contributed by atoms with Crippen molar-refractivity contribution in [2.24, 2.45) is 0 Å². The van der Waals surface area contributed by atoms with E-state index in [1.54, 1.807) is 30.2 Å². The minimum absolute atomic E-state index is 0.0142. The monoisotopic (exact) mass is 273 g/mol. The fraction of sp³-hybridized carbons (Fsp3) is 0.438. The zero-order chi connectivity index (χ0) is 14.5. The van der Waals surface area contributed by atoms with Crippen LogP contribution >= 0.6 is 0 Å². The van der Waals surface area contributed by atoms with E-state index in [1.165, 1.54) is 0 Å². The topological polar surface area (TPSA) is 49.8 Å². The first-order chi connectivity index (χ1) is 9.67. The second-order valence-electron chi connectivity index (χ2n) is 4.84. The quantitative estimate of drug-likeness (QED) is 0.849. The van der Waals surface area contributed by atoms with Crippen LogP contribution in [0.3, 0.4) is 0 Å². The van der Waals surface area contributed by atoms with Gasteiger partial charge in [0.2, 0.25) is 0 Å². The van der Waals surface area contributed by atoms with Crippen LogP contribution in [0, 0.1) is 11.8 Å². The zero-order valence-corrected chi connectivity index (χ0v) is 11.8. The van der Waals surface area contributed by atoms with Gasteiger partial charge in [0.1, 0.15) is 5.75 Å². The van der Waals surface area contributed by atoms with Gasteiger partial charge in [-0.05, 0) is 31.0 Å². The molecule has 0 aliphatic heterocycles. The molecule has 1 saturated carbocycles. The highest BCUT2D eigenvalue weighted by molar-refractivity contribution is 5.95. The third kappa shape index (κ3) is 3.31. The van der Waals surface area contributed by atoms with Crippen LogP contribution in [0.5, 0.6) is 5.75 Å². The van der Waals surface area contributed by atoms with Gasteiger partial charge in [0.25, 0.3) is 5.91 Å². The Morgan fingerprint density at radius 2 is 2.25 bits per heavy atom. The molecule has 4 heteroatoms. The Kier molecular flexibility index (Phi) is 4.65. The molecule has 1 fully saturated rings. The summed E-state index contributed by atoms with van der Waals surface area (Å²) < 4.78 is 5.24. The number of carbonyl (C=O) groups is 1. The van der Waals surface area contributed by atoms with Crippen LogP contribution in [0.4, 0.5) is 0 Å². The van der Waals surface area contributed by atoms with E-state index in [0.29, 0.717) is 29.3 Å². The van der Waals surface area contributed by atoms with Crippen molar-refractivity contribution >= 4 is 5.91 Å². The van der Waals surface area contributed by atoms with Gasteiger partial charge >= 0.3 is 0 Å². The summed E-state index contributed by atoms with van der Waals surface area (Å²) in [5.74, 6) is 6.44. The van der Waals surface area contributed by atoms with Gasteiger partial charge in [-0.3, -0.25) is 4.79 Å². The number of nitrogens with zero attached hydrogens (tertiary/aromatic N) is 1. The summed E-state index contributed by atoms with van der Waals surface area (Å²) in [4.78, 5) is 14.1. The molecule has 0 radical (unpaired) electrons. The van der Waals surface area contributed by atoms with E-state index in [-0.39, 0.29) is 12.5 Å². The minimum atomic E-state index is 0.0142. The predicted octanol–water partition coefficient (Wildman–Crippen LogP) is 1.66. The number of aliphatic hydroxyl groups excluding tert-OH is 1. The van der Waals surface area contributed by atoms with E-state index >= 15 is 0 Å². The first kappa shape index (κ1) is 14.4. The standard InChI is InChI=1S/C16H19NO3/c1-17(14-7-8-14)16(19)13-6-9-15(20-2)12(11-13)5-3-4-10-18/h6,9,11,14,18H,4,7-8,10H2,1-2H3. The Morgan fingerprint density at radius 1 is 1.50 bits per heavy atom. The summed E-state index contributed by atoms with van der Waals surface area (Å²) in [6.07, 6.45) is 2.58. The fourth-order valence-corrected chi connectivity index (χ4v) is 1.98. The molecule has 1 aromatic carbocycles. The molecule has 1 aromatic rings. The van der Waals surface area contributed by atoms with Gasteiger partial charge in [-0.1, -0.05) is 11.8 Å². The smallest absolute Gasteiger partial charge is 0.253 e. The van der Waals surface area contributed by atoms with Gasteiger partial charge in [-0.15, -0.1) is 0 Å². The van der Waals surface area contributed by atoms with Crippen LogP contribution in [-0.2, 0) is 0 Å². The van der Waals surface area contributed by atoms with Crippen LogP contribution in [0.15, 0.2) is 18.2 Å². The maximum absolute atomic E-state index is 12.3. The van der Waals surface area contributed by atoms with Crippen molar-refractivity contribution in [2.45, 2.75) is 25.3 Å². The third-order valence-corrected chi connectivity index (χ3v) is 3.32. The molecular formula is C16H19NO3. The molecule has 0 heterocycles. The lowest BCUT2D eigenvalue weighted by Crippen LogP contribution is -2.28. The lowest BCUT2D eigenvalue weighted by atomic mass is 10.1. The lowest BCUT2D eigenvalue weighted by molar-refractivity contribution is 0.0785. The largest absolute Gasteiger partial charge is 0.495 e. The van der Waals surface area contributed by atoms with E-state index in [1.807, 2.05) is 7.05 Å². The van der Waals surface area contributed by atoms with E-state index in [9.17, 15) is 4.79 Å². The van der Waals surface area contributed by atoms with Crippen molar-refractivity contribution < 1.29 is 14.6 Å². The summed E-state index contributed by atoms with van der Waals surface area (Å²) >= 11 is 0. The second kappa shape index (κ2) is 6.44. The molecule has 0 atom stereocenters. The number of methoxy groups -OCH3 is 1. The molecule has 1 amide bonds. The number of ether oxygens (including phenoxy) is 1. The number of carbonyl (C=O) groups excluding carboxylic acids is 1. The Hall–Kier alpha value is -1.99. The average Bonchev–Trinajstić information content (AvgIpc) is 3.30. The molecule has 0 unspecified atom stereocenters. The zero-order valence-electron chi connectivity index (χ0n) is 11.8. The summed E-state index contributed by atoms with van der Waals surface area (Å²) in [6, 6.07) is 5.66. The van der Waals surface area contributed by atoms with Crippen LogP contribution in [-0.4, -0.2) is 42.7 Å². The molecule has 106 valence electrons. The molecule has 0 bridgehead atoms. The van der Waals surface area contributed by atoms with Crippen LogP contribution < -0.4 is 4.74 Å². The Morgan fingerprint density at radius 3 is 2.85 bits per heavy atom. The first-order valence-electron chi connectivity index (χ1n) is 6.72. The van der Waals surface area contributed by atoms with E-state index in [0.717, 1.165) is 12.8 Å². The molecule has 0 spiro atoms. The van der Waals surface area contributed by atoms with Crippen LogP contribution in [0.2, 0.25) is 0 Å². The highest BCUT2D eigenvalue weighted by Crippen LogP contribution is 2.27. The van der Waals surface area contributed by atoms with Crippen molar-refractivity contribution in [2.75, 3.05) is 20.8 Å². The predicted molar refractivity (Wildman–Crippen MR) is 76.7 cm³/mol. The van der Waals surface area contributed by atoms with Crippen LogP contribution in [0.25, 0.3) is 0 Å². The minimum Gasteiger partial charge on any atom is -0.495 e. The van der Waals surface area contributed by atoms with Crippen molar-refractivity contribution in [3.63, 3.8) is 0 Å². The Balaban J connectivity index is 2.24. The van der Waals surface area contributed by atoms with Crippen molar-refractivity contribution in [1.82, 2.24) is 4.90 Å². The van der Waals surface area contributed by atoms with E-state index in [4.69, 9.17) is 9.84 Å². The number of hydrogen-bond donors (Lipinski definition) is 1. The summed E-state index contributed by atoms with van der Waals surface area (Å²) in [6.45, 7) is 0.0261. The van der Waals surface area contributed by atoms with Gasteiger partial charge in [0.15, 0.2) is 0 Å². The Bertz CT molecular complexity index is 553. The summed E-state index contributed by atoms with van der Waals surface area (Å²) in [5.41, 5.74) is 1.30. The highest BCUT2D eigenvalue weighted by atomic mass is 16.5. The number of hydrogen-bond acceptors (Lipinski definition) is 3. The molecule has 0 saturated heterocycles. The first-order valence-corrected chi connectivity index (χ1v) is 6.72. The number of benzene rings is 1. The van der Waals surface area contributed by atoms with E-state index < -0.39 is 0 Å². The van der Waals surface area contributed by atoms with Gasteiger partial charge in [-0.2, -0.15) is 0 Å².